The predicted octanol–water partition coefficient (Wildman–Crippen LogP) is 4.35. The molecular formula is C18H15NOS. The van der Waals surface area contributed by atoms with Crippen molar-refractivity contribution in [3.05, 3.63) is 71.8 Å². The summed E-state index contributed by atoms with van der Waals surface area (Å²) in [5.41, 5.74) is 3.89. The average molecular weight is 295 g/mol. The van der Waals surface area contributed by atoms with E-state index in [1.165, 1.54) is 11.3 Å². The molecule has 2 nitrogen and oxygen atoms in total. The van der Waals surface area contributed by atoms with Crippen LogP contribution in [-0.2, 0) is 6.54 Å². The van der Waals surface area contributed by atoms with Gasteiger partial charge in [0, 0.05) is 21.9 Å². The average Bonchev–Trinajstić information content (AvgIpc) is 2.94. The maximum Gasteiger partial charge on any atom is 0.151 e. The Morgan fingerprint density at radius 2 is 1.52 bits per heavy atom. The molecule has 0 atom stereocenters. The maximum absolute atomic E-state index is 11.7. The molecule has 21 heavy (non-hydrogen) atoms. The van der Waals surface area contributed by atoms with Gasteiger partial charge in [-0.2, -0.15) is 0 Å². The number of rotatable bonds is 5. The zero-order valence-corrected chi connectivity index (χ0v) is 12.1. The third-order valence-corrected chi connectivity index (χ3v) is 4.74. The first-order chi connectivity index (χ1) is 11.2. The van der Waals surface area contributed by atoms with Gasteiger partial charge < -0.3 is 5.72 Å². The fraction of sp³-hybridized carbons (Fsp3) is 0.0556. The molecule has 104 valence electrons. The Morgan fingerprint density at radius 1 is 0.952 bits per heavy atom. The highest BCUT2D eigenvalue weighted by Crippen LogP contribution is 2.41. The summed E-state index contributed by atoms with van der Waals surface area (Å²) in [7, 11) is 0. The molecule has 0 aliphatic heterocycles. The molecule has 2 N–H and O–H groups in total. The Labute approximate surface area is 130 Å². The van der Waals surface area contributed by atoms with Gasteiger partial charge in [0.2, 0.25) is 0 Å². The highest BCUT2D eigenvalue weighted by atomic mass is 32.1. The lowest BCUT2D eigenvalue weighted by molar-refractivity contribution is 0.112. The SMILES string of the molecule is [2H]N([2H])Cc1c(-c2ccccc2)sc(-c2ccccc2)c1C=O. The molecule has 0 bridgehead atoms. The summed E-state index contributed by atoms with van der Waals surface area (Å²) in [4.78, 5) is 13.5. The molecule has 0 saturated heterocycles. The van der Waals surface area contributed by atoms with Crippen molar-refractivity contribution in [1.82, 2.24) is 0 Å². The maximum atomic E-state index is 11.7. The van der Waals surface area contributed by atoms with E-state index in [9.17, 15) is 4.79 Å². The normalized spacial score (nSPS) is 12.0. The second-order valence-electron chi connectivity index (χ2n) is 4.66. The molecule has 0 aliphatic rings. The van der Waals surface area contributed by atoms with Gasteiger partial charge in [-0.05, 0) is 16.7 Å². The molecule has 3 aromatic rings. The Hall–Kier alpha value is -2.23. The summed E-state index contributed by atoms with van der Waals surface area (Å²) in [5.74, 6) is 0. The van der Waals surface area contributed by atoms with Crippen molar-refractivity contribution >= 4 is 17.6 Å². The zero-order chi connectivity index (χ0) is 16.2. The number of carbonyl (C=O) groups is 1. The van der Waals surface area contributed by atoms with Crippen molar-refractivity contribution in [2.45, 2.75) is 6.54 Å². The van der Waals surface area contributed by atoms with Crippen LogP contribution in [0.2, 0.25) is 2.82 Å². The van der Waals surface area contributed by atoms with Crippen molar-refractivity contribution in [3.63, 3.8) is 0 Å². The minimum Gasteiger partial charge on any atom is -0.326 e. The smallest absolute Gasteiger partial charge is 0.151 e. The highest BCUT2D eigenvalue weighted by Gasteiger charge is 2.18. The molecule has 0 amide bonds. The predicted molar refractivity (Wildman–Crippen MR) is 88.5 cm³/mol. The first kappa shape index (κ1) is 11.4. The molecule has 2 aromatic carbocycles. The molecule has 1 heterocycles. The Morgan fingerprint density at radius 3 is 2.05 bits per heavy atom. The quantitative estimate of drug-likeness (QED) is 0.711. The van der Waals surface area contributed by atoms with Crippen molar-refractivity contribution < 1.29 is 7.62 Å². The third-order valence-electron chi connectivity index (χ3n) is 3.40. The second kappa shape index (κ2) is 6.04. The van der Waals surface area contributed by atoms with Gasteiger partial charge in [0.15, 0.2) is 6.29 Å². The summed E-state index contributed by atoms with van der Waals surface area (Å²) in [6, 6.07) is 19.5. The van der Waals surface area contributed by atoms with Crippen molar-refractivity contribution in [1.29, 1.82) is 0 Å². The molecular weight excluding hydrogens is 278 g/mol. The van der Waals surface area contributed by atoms with E-state index in [0.29, 0.717) is 11.3 Å². The fourth-order valence-electron chi connectivity index (χ4n) is 2.39. The minimum atomic E-state index is 0.0850. The van der Waals surface area contributed by atoms with Crippen LogP contribution in [-0.4, -0.2) is 6.29 Å². The van der Waals surface area contributed by atoms with Crippen LogP contribution in [0.25, 0.3) is 20.9 Å². The Bertz CT molecular complexity index is 801. The topological polar surface area (TPSA) is 43.1 Å². The molecule has 3 rings (SSSR count). The number of thiophene rings is 1. The van der Waals surface area contributed by atoms with E-state index in [1.54, 1.807) is 0 Å². The van der Waals surface area contributed by atoms with Gasteiger partial charge in [0.25, 0.3) is 0 Å². The number of hydrogen-bond donors (Lipinski definition) is 1. The van der Waals surface area contributed by atoms with E-state index >= 15 is 0 Å². The van der Waals surface area contributed by atoms with Gasteiger partial charge in [0.05, 0.1) is 0 Å². The standard InChI is InChI=1S/C18H15NOS/c19-11-15-16(12-20)18(14-9-5-2-6-10-14)21-17(15)13-7-3-1-4-8-13/h1-10,12H,11,19H2/i/hD2. The zero-order valence-electron chi connectivity index (χ0n) is 13.3. The molecule has 0 unspecified atom stereocenters. The second-order valence-corrected chi connectivity index (χ2v) is 5.68. The molecule has 1 aromatic heterocycles. The molecule has 0 spiro atoms. The number of hydrogen-bond acceptors (Lipinski definition) is 3. The Balaban J connectivity index is 2.23. The van der Waals surface area contributed by atoms with Gasteiger partial charge >= 0.3 is 0 Å². The summed E-state index contributed by atoms with van der Waals surface area (Å²) in [5, 5.41) is 0. The van der Waals surface area contributed by atoms with Gasteiger partial charge in [-0.15, -0.1) is 11.3 Å². The lowest BCUT2D eigenvalue weighted by Gasteiger charge is -2.01. The minimum absolute atomic E-state index is 0.0850. The van der Waals surface area contributed by atoms with Crippen LogP contribution in [0.3, 0.4) is 0 Å². The van der Waals surface area contributed by atoms with E-state index in [2.05, 4.69) is 0 Å². The van der Waals surface area contributed by atoms with Crippen molar-refractivity contribution in [2.75, 3.05) is 0 Å². The Kier molecular flexibility index (Phi) is 3.29. The molecule has 0 saturated carbocycles. The van der Waals surface area contributed by atoms with Crippen LogP contribution >= 0.6 is 11.3 Å². The molecule has 0 radical (unpaired) electrons. The molecule has 0 aliphatic carbocycles. The number of nitrogens with two attached hydrogens (primary N) is 1. The lowest BCUT2D eigenvalue weighted by atomic mass is 10.0. The van der Waals surface area contributed by atoms with E-state index < -0.39 is 0 Å². The van der Waals surface area contributed by atoms with Crippen LogP contribution < -0.4 is 5.72 Å². The van der Waals surface area contributed by atoms with Gasteiger partial charge in [-0.1, -0.05) is 60.7 Å². The van der Waals surface area contributed by atoms with Gasteiger partial charge in [0.1, 0.15) is 2.82 Å². The van der Waals surface area contributed by atoms with E-state index in [1.807, 2.05) is 60.7 Å². The van der Waals surface area contributed by atoms with Crippen LogP contribution in [0.15, 0.2) is 60.7 Å². The van der Waals surface area contributed by atoms with Crippen LogP contribution in [0.1, 0.15) is 15.9 Å². The molecule has 0 fully saturated rings. The summed E-state index contributed by atoms with van der Waals surface area (Å²) in [6.45, 7) is 0.0850. The number of benzene rings is 2. The first-order valence-corrected chi connectivity index (χ1v) is 7.49. The van der Waals surface area contributed by atoms with E-state index in [0.717, 1.165) is 32.7 Å². The largest absolute Gasteiger partial charge is 0.326 e. The van der Waals surface area contributed by atoms with Crippen molar-refractivity contribution in [2.24, 2.45) is 5.72 Å². The summed E-state index contributed by atoms with van der Waals surface area (Å²) in [6.07, 6.45) is 0.837. The summed E-state index contributed by atoms with van der Waals surface area (Å²) >= 11 is 1.53. The van der Waals surface area contributed by atoms with Gasteiger partial charge in [-0.3, -0.25) is 4.79 Å². The van der Waals surface area contributed by atoms with Crippen LogP contribution in [0, 0.1) is 0 Å². The number of carbonyl (C=O) groups excluding carboxylic acids is 1. The van der Waals surface area contributed by atoms with Crippen LogP contribution in [0.5, 0.6) is 0 Å². The lowest BCUT2D eigenvalue weighted by Crippen LogP contribution is -2.00. The van der Waals surface area contributed by atoms with Crippen LogP contribution in [0.4, 0.5) is 0 Å². The highest BCUT2D eigenvalue weighted by molar-refractivity contribution is 7.19. The van der Waals surface area contributed by atoms with Crippen molar-refractivity contribution in [3.8, 4) is 20.9 Å². The van der Waals surface area contributed by atoms with E-state index in [4.69, 9.17) is 2.82 Å². The number of aldehydes is 1. The van der Waals surface area contributed by atoms with Gasteiger partial charge in [-0.25, -0.2) is 0 Å². The van der Waals surface area contributed by atoms with E-state index in [-0.39, 0.29) is 6.54 Å². The molecule has 3 heteroatoms. The first-order valence-electron chi connectivity index (χ1n) is 7.57. The monoisotopic (exact) mass is 295 g/mol. The third kappa shape index (κ3) is 2.53. The fourth-order valence-corrected chi connectivity index (χ4v) is 3.68. The summed E-state index contributed by atoms with van der Waals surface area (Å²) < 4.78 is 14.9.